The largest absolute Gasteiger partial charge is 0.493 e. The molecular weight excluding hydrogens is 488 g/mol. The quantitative estimate of drug-likeness (QED) is 0.382. The summed E-state index contributed by atoms with van der Waals surface area (Å²) in [6.45, 7) is 8.73. The van der Waals surface area contributed by atoms with Crippen molar-refractivity contribution in [1.29, 1.82) is 0 Å². The van der Waals surface area contributed by atoms with Gasteiger partial charge >= 0.3 is 5.91 Å². The number of fused-ring (bicyclic) bond motifs is 3. The van der Waals surface area contributed by atoms with Gasteiger partial charge < -0.3 is 5.11 Å². The topological polar surface area (TPSA) is 70.2 Å². The number of hydrogen-bond donors (Lipinski definition) is 1. The molecular formula is C24H27BrN4O2S. The lowest BCUT2D eigenvalue weighted by atomic mass is 9.65. The van der Waals surface area contributed by atoms with Gasteiger partial charge in [-0.3, -0.25) is 14.3 Å². The molecule has 1 saturated carbocycles. The number of aromatic nitrogens is 1. The normalized spacial score (nSPS) is 25.2. The third-order valence-electron chi connectivity index (χ3n) is 6.79. The Morgan fingerprint density at radius 3 is 2.84 bits per heavy atom. The van der Waals surface area contributed by atoms with Gasteiger partial charge in [0, 0.05) is 22.4 Å². The first kappa shape index (κ1) is 21.8. The van der Waals surface area contributed by atoms with Crippen molar-refractivity contribution < 1.29 is 9.90 Å². The van der Waals surface area contributed by atoms with E-state index in [2.05, 4.69) is 51.8 Å². The van der Waals surface area contributed by atoms with Gasteiger partial charge in [0.2, 0.25) is 5.88 Å². The molecule has 0 spiro atoms. The number of benzene rings is 1. The Balaban J connectivity index is 1.50. The van der Waals surface area contributed by atoms with Crippen LogP contribution < -0.4 is 0 Å². The van der Waals surface area contributed by atoms with Crippen LogP contribution >= 0.6 is 27.3 Å². The van der Waals surface area contributed by atoms with Crippen molar-refractivity contribution in [2.45, 2.75) is 52.7 Å². The van der Waals surface area contributed by atoms with E-state index in [1.165, 1.54) is 24.2 Å². The minimum atomic E-state index is -0.404. The minimum Gasteiger partial charge on any atom is -0.493 e. The SMILES string of the molecule is CC1(C)CC2C[C@@](C)(CN2Cn2c(O)c(N=NC(=O)c3cccs3)c3cc(Br)ccc32)C1. The lowest BCUT2D eigenvalue weighted by Crippen LogP contribution is -2.35. The third kappa shape index (κ3) is 3.93. The Kier molecular flexibility index (Phi) is 5.30. The summed E-state index contributed by atoms with van der Waals surface area (Å²) in [4.78, 5) is 15.4. The molecule has 0 radical (unpaired) electrons. The average Bonchev–Trinajstić information content (AvgIpc) is 3.37. The first-order valence-corrected chi connectivity index (χ1v) is 12.6. The van der Waals surface area contributed by atoms with Gasteiger partial charge in [0.05, 0.1) is 17.1 Å². The molecule has 5 rings (SSSR count). The van der Waals surface area contributed by atoms with Crippen LogP contribution in [0, 0.1) is 10.8 Å². The molecule has 1 saturated heterocycles. The Labute approximate surface area is 200 Å². The molecule has 1 aliphatic heterocycles. The van der Waals surface area contributed by atoms with Gasteiger partial charge in [0.1, 0.15) is 0 Å². The van der Waals surface area contributed by atoms with Crippen molar-refractivity contribution in [3.05, 3.63) is 45.1 Å². The van der Waals surface area contributed by atoms with Crippen LogP contribution in [0.2, 0.25) is 0 Å². The fraction of sp³-hybridized carbons (Fsp3) is 0.458. The van der Waals surface area contributed by atoms with E-state index >= 15 is 0 Å². The zero-order chi connectivity index (χ0) is 22.7. The van der Waals surface area contributed by atoms with Gasteiger partial charge in [0.15, 0.2) is 5.69 Å². The van der Waals surface area contributed by atoms with Gasteiger partial charge in [-0.25, -0.2) is 0 Å². The molecule has 6 nitrogen and oxygen atoms in total. The minimum absolute atomic E-state index is 0.0479. The standard InChI is InChI=1S/C24H27BrN4O2S/c1-23(2)10-16-11-24(3,12-23)13-28(16)14-29-18-7-6-15(25)9-17(18)20(22(29)31)26-27-21(30)19-5-4-8-32-19/h4-9,16,31H,10-14H2,1-3H3/t16?,24-/m1/s1. The molecule has 1 amide bonds. The van der Waals surface area contributed by atoms with Crippen molar-refractivity contribution in [3.63, 3.8) is 0 Å². The maximum absolute atomic E-state index is 12.3. The number of aromatic hydroxyl groups is 1. The highest BCUT2D eigenvalue weighted by Crippen LogP contribution is 2.53. The summed E-state index contributed by atoms with van der Waals surface area (Å²) in [5.41, 5.74) is 1.86. The molecule has 168 valence electrons. The van der Waals surface area contributed by atoms with E-state index in [9.17, 15) is 9.90 Å². The van der Waals surface area contributed by atoms with Crippen molar-refractivity contribution in [2.24, 2.45) is 21.1 Å². The monoisotopic (exact) mass is 514 g/mol. The van der Waals surface area contributed by atoms with E-state index in [1.54, 1.807) is 6.07 Å². The molecule has 8 heteroatoms. The summed E-state index contributed by atoms with van der Waals surface area (Å²) < 4.78 is 2.79. The van der Waals surface area contributed by atoms with Gasteiger partial charge in [0.25, 0.3) is 0 Å². The summed E-state index contributed by atoms with van der Waals surface area (Å²) in [5, 5.41) is 21.9. The highest BCUT2D eigenvalue weighted by molar-refractivity contribution is 9.10. The predicted octanol–water partition coefficient (Wildman–Crippen LogP) is 6.95. The summed E-state index contributed by atoms with van der Waals surface area (Å²) in [7, 11) is 0. The molecule has 2 aromatic heterocycles. The van der Waals surface area contributed by atoms with Gasteiger partial charge in [-0.2, -0.15) is 0 Å². The van der Waals surface area contributed by atoms with Gasteiger partial charge in [-0.1, -0.05) is 42.8 Å². The molecule has 3 heterocycles. The van der Waals surface area contributed by atoms with E-state index < -0.39 is 5.91 Å². The van der Waals surface area contributed by atoms with Crippen molar-refractivity contribution in [2.75, 3.05) is 6.54 Å². The molecule has 3 aromatic rings. The number of azo groups is 1. The lowest BCUT2D eigenvalue weighted by molar-refractivity contribution is 0.0999. The van der Waals surface area contributed by atoms with Crippen LogP contribution in [0.4, 0.5) is 5.69 Å². The molecule has 2 aliphatic rings. The maximum atomic E-state index is 12.3. The number of likely N-dealkylation sites (tertiary alicyclic amines) is 1. The van der Waals surface area contributed by atoms with Gasteiger partial charge in [-0.15, -0.1) is 21.6 Å². The molecule has 2 bridgehead atoms. The Morgan fingerprint density at radius 1 is 1.28 bits per heavy atom. The van der Waals surface area contributed by atoms with Crippen molar-refractivity contribution in [1.82, 2.24) is 9.47 Å². The molecule has 32 heavy (non-hydrogen) atoms. The first-order chi connectivity index (χ1) is 15.1. The number of halogens is 1. The maximum Gasteiger partial charge on any atom is 0.305 e. The lowest BCUT2D eigenvalue weighted by Gasteiger charge is -2.40. The molecule has 1 aromatic carbocycles. The molecule has 1 unspecified atom stereocenters. The van der Waals surface area contributed by atoms with Crippen LogP contribution in [0.3, 0.4) is 0 Å². The number of amides is 1. The van der Waals surface area contributed by atoms with Crippen LogP contribution in [0.5, 0.6) is 5.88 Å². The fourth-order valence-electron chi connectivity index (χ4n) is 6.01. The van der Waals surface area contributed by atoms with Crippen LogP contribution in [0.25, 0.3) is 10.9 Å². The average molecular weight is 515 g/mol. The first-order valence-electron chi connectivity index (χ1n) is 10.9. The summed E-state index contributed by atoms with van der Waals surface area (Å²) in [6, 6.07) is 9.89. The summed E-state index contributed by atoms with van der Waals surface area (Å²) in [5.74, 6) is -0.356. The number of carbonyl (C=O) groups is 1. The zero-order valence-electron chi connectivity index (χ0n) is 18.5. The number of nitrogens with zero attached hydrogens (tertiary/aromatic N) is 4. The van der Waals surface area contributed by atoms with Gasteiger partial charge in [-0.05, 0) is 59.7 Å². The Morgan fingerprint density at radius 2 is 2.09 bits per heavy atom. The van der Waals surface area contributed by atoms with E-state index in [0.717, 1.165) is 28.3 Å². The highest BCUT2D eigenvalue weighted by Gasteiger charge is 2.49. The smallest absolute Gasteiger partial charge is 0.305 e. The summed E-state index contributed by atoms with van der Waals surface area (Å²) in [6.07, 6.45) is 3.59. The van der Waals surface area contributed by atoms with E-state index in [4.69, 9.17) is 0 Å². The number of carbonyl (C=O) groups excluding carboxylic acids is 1. The zero-order valence-corrected chi connectivity index (χ0v) is 20.9. The van der Waals surface area contributed by atoms with Crippen LogP contribution in [-0.4, -0.2) is 33.1 Å². The highest BCUT2D eigenvalue weighted by atomic mass is 79.9. The van der Waals surface area contributed by atoms with E-state index in [0.29, 0.717) is 34.1 Å². The molecule has 2 atom stereocenters. The van der Waals surface area contributed by atoms with Crippen molar-refractivity contribution >= 4 is 49.8 Å². The van der Waals surface area contributed by atoms with E-state index in [1.807, 2.05) is 34.2 Å². The molecule has 1 aliphatic carbocycles. The molecule has 1 N–H and O–H groups in total. The van der Waals surface area contributed by atoms with Crippen LogP contribution in [-0.2, 0) is 6.67 Å². The van der Waals surface area contributed by atoms with Crippen LogP contribution in [0.15, 0.2) is 50.4 Å². The fourth-order valence-corrected chi connectivity index (χ4v) is 6.97. The number of hydrogen-bond acceptors (Lipinski definition) is 5. The second kappa shape index (κ2) is 7.78. The second-order valence-electron chi connectivity index (χ2n) is 10.3. The predicted molar refractivity (Wildman–Crippen MR) is 131 cm³/mol. The number of thiophene rings is 1. The van der Waals surface area contributed by atoms with E-state index in [-0.39, 0.29) is 5.88 Å². The van der Waals surface area contributed by atoms with Crippen molar-refractivity contribution in [3.8, 4) is 5.88 Å². The third-order valence-corrected chi connectivity index (χ3v) is 8.14. The summed E-state index contributed by atoms with van der Waals surface area (Å²) >= 11 is 4.84. The van der Waals surface area contributed by atoms with Crippen LogP contribution in [0.1, 0.15) is 49.7 Å². The Bertz CT molecular complexity index is 1220. The number of rotatable bonds is 4. The second-order valence-corrected chi connectivity index (χ2v) is 12.2. The molecule has 2 fully saturated rings. The Hall–Kier alpha value is -2.03.